The zero-order chi connectivity index (χ0) is 17.4. The molecular weight excluding hydrogens is 352 g/mol. The van der Waals surface area contributed by atoms with Gasteiger partial charge in [0.05, 0.1) is 0 Å². The first-order valence-electron chi connectivity index (χ1n) is 6.06. The molecule has 3 nitrogen and oxygen atoms in total. The van der Waals surface area contributed by atoms with Crippen LogP contribution in [0, 0.1) is 0 Å². The molecule has 126 valence electrons. The third-order valence-electron chi connectivity index (χ3n) is 2.87. The highest BCUT2D eigenvalue weighted by Crippen LogP contribution is 2.38. The van der Waals surface area contributed by atoms with E-state index in [0.717, 1.165) is 12.2 Å². The first kappa shape index (κ1) is 17.6. The van der Waals surface area contributed by atoms with Crippen LogP contribution in [0.5, 0.6) is 0 Å². The van der Waals surface area contributed by atoms with Crippen molar-refractivity contribution < 1.29 is 35.9 Å². The molecule has 0 saturated carbocycles. The van der Waals surface area contributed by atoms with E-state index in [1.807, 2.05) is 0 Å². The average Bonchev–Trinajstić information content (AvgIpc) is 2.76. The van der Waals surface area contributed by atoms with Gasteiger partial charge in [-0.05, 0) is 30.3 Å². The minimum atomic E-state index is -5.66. The van der Waals surface area contributed by atoms with Crippen molar-refractivity contribution in [2.45, 2.75) is 24.7 Å². The maximum absolute atomic E-state index is 12.6. The number of amides is 1. The monoisotopic (exact) mass is 359 g/mol. The van der Waals surface area contributed by atoms with Crippen LogP contribution in [-0.2, 0) is 9.53 Å². The van der Waals surface area contributed by atoms with Gasteiger partial charge in [0.25, 0.3) is 12.0 Å². The van der Waals surface area contributed by atoms with E-state index >= 15 is 0 Å². The molecule has 1 amide bonds. The van der Waals surface area contributed by atoms with E-state index in [2.05, 4.69) is 4.74 Å². The van der Waals surface area contributed by atoms with Crippen LogP contribution in [0.3, 0.4) is 0 Å². The fourth-order valence-corrected chi connectivity index (χ4v) is 2.04. The molecule has 1 atom stereocenters. The van der Waals surface area contributed by atoms with Crippen LogP contribution in [0.15, 0.2) is 36.4 Å². The fourth-order valence-electron chi connectivity index (χ4n) is 1.92. The lowest BCUT2D eigenvalue weighted by molar-refractivity contribution is -0.327. The van der Waals surface area contributed by atoms with Gasteiger partial charge in [-0.2, -0.15) is 26.3 Å². The van der Waals surface area contributed by atoms with Crippen molar-refractivity contribution in [3.63, 3.8) is 0 Å². The van der Waals surface area contributed by atoms with Gasteiger partial charge >= 0.3 is 12.4 Å². The van der Waals surface area contributed by atoms with Crippen molar-refractivity contribution in [2.75, 3.05) is 4.90 Å². The third-order valence-corrected chi connectivity index (χ3v) is 3.12. The van der Waals surface area contributed by atoms with Gasteiger partial charge < -0.3 is 4.74 Å². The molecule has 0 bridgehead atoms. The molecule has 0 saturated heterocycles. The van der Waals surface area contributed by atoms with Crippen LogP contribution < -0.4 is 4.90 Å². The zero-order valence-electron chi connectivity index (χ0n) is 11.0. The number of halogens is 7. The molecule has 23 heavy (non-hydrogen) atoms. The Morgan fingerprint density at radius 3 is 2.04 bits per heavy atom. The summed E-state index contributed by atoms with van der Waals surface area (Å²) >= 11 is 5.65. The molecular formula is C13H8ClF6NO2. The summed E-state index contributed by atoms with van der Waals surface area (Å²) < 4.78 is 79.5. The molecule has 0 spiro atoms. The molecule has 2 rings (SSSR count). The fraction of sp³-hybridized carbons (Fsp3) is 0.308. The summed E-state index contributed by atoms with van der Waals surface area (Å²) in [6.07, 6.45) is -15.5. The highest BCUT2D eigenvalue weighted by molar-refractivity contribution is 6.30. The van der Waals surface area contributed by atoms with Crippen LogP contribution in [0.2, 0.25) is 5.02 Å². The molecule has 10 heteroatoms. The predicted molar refractivity (Wildman–Crippen MR) is 68.8 cm³/mol. The second-order valence-electron chi connectivity index (χ2n) is 4.53. The molecule has 1 aliphatic heterocycles. The van der Waals surface area contributed by atoms with Gasteiger partial charge in [-0.25, -0.2) is 0 Å². The standard InChI is InChI=1S/C13H8ClF6NO2/c14-7-1-3-8(4-2-7)21-9(22)5-6-10(21)23-11(12(15,16)17)13(18,19)20/h1-6,10-11H. The first-order valence-corrected chi connectivity index (χ1v) is 6.44. The lowest BCUT2D eigenvalue weighted by Crippen LogP contribution is -2.49. The van der Waals surface area contributed by atoms with E-state index in [0.29, 0.717) is 4.90 Å². The predicted octanol–water partition coefficient (Wildman–Crippen LogP) is 4.08. The van der Waals surface area contributed by atoms with E-state index in [1.165, 1.54) is 24.3 Å². The summed E-state index contributed by atoms with van der Waals surface area (Å²) in [6.45, 7) is 0. The normalized spacial score (nSPS) is 19.0. The van der Waals surface area contributed by atoms with Crippen molar-refractivity contribution in [3.05, 3.63) is 41.4 Å². The maximum atomic E-state index is 12.6. The van der Waals surface area contributed by atoms with Crippen LogP contribution in [0.4, 0.5) is 32.0 Å². The minimum absolute atomic E-state index is 0.0532. The second-order valence-corrected chi connectivity index (χ2v) is 4.97. The number of benzene rings is 1. The highest BCUT2D eigenvalue weighted by atomic mass is 35.5. The average molecular weight is 360 g/mol. The molecule has 1 aromatic rings. The molecule has 1 unspecified atom stereocenters. The number of carbonyl (C=O) groups is 1. The lowest BCUT2D eigenvalue weighted by atomic mass is 10.3. The van der Waals surface area contributed by atoms with Crippen molar-refractivity contribution in [2.24, 2.45) is 0 Å². The van der Waals surface area contributed by atoms with Crippen LogP contribution in [0.1, 0.15) is 0 Å². The Morgan fingerprint density at radius 1 is 1.04 bits per heavy atom. The van der Waals surface area contributed by atoms with E-state index in [4.69, 9.17) is 11.6 Å². The molecule has 1 aromatic carbocycles. The van der Waals surface area contributed by atoms with E-state index < -0.39 is 30.6 Å². The van der Waals surface area contributed by atoms with Crippen molar-refractivity contribution in [1.29, 1.82) is 0 Å². The van der Waals surface area contributed by atoms with Crippen molar-refractivity contribution in [1.82, 2.24) is 0 Å². The molecule has 0 fully saturated rings. The van der Waals surface area contributed by atoms with E-state index in [1.54, 1.807) is 0 Å². The number of alkyl halides is 6. The highest BCUT2D eigenvalue weighted by Gasteiger charge is 2.59. The SMILES string of the molecule is O=C1C=CC(OC(C(F)(F)F)C(F)(F)F)N1c1ccc(Cl)cc1. The zero-order valence-corrected chi connectivity index (χ0v) is 11.8. The summed E-state index contributed by atoms with van der Waals surface area (Å²) in [5.41, 5.74) is 0.0532. The Bertz CT molecular complexity index is 596. The van der Waals surface area contributed by atoms with Gasteiger partial charge in [0, 0.05) is 16.8 Å². The number of rotatable bonds is 3. The van der Waals surface area contributed by atoms with E-state index in [-0.39, 0.29) is 10.7 Å². The van der Waals surface area contributed by atoms with Gasteiger partial charge in [0.15, 0.2) is 6.23 Å². The number of hydrogen-bond acceptors (Lipinski definition) is 2. The van der Waals surface area contributed by atoms with Gasteiger partial charge in [-0.15, -0.1) is 0 Å². The summed E-state index contributed by atoms with van der Waals surface area (Å²) in [7, 11) is 0. The smallest absolute Gasteiger partial charge is 0.333 e. The summed E-state index contributed by atoms with van der Waals surface area (Å²) in [4.78, 5) is 12.4. The van der Waals surface area contributed by atoms with Gasteiger partial charge in [0.2, 0.25) is 0 Å². The van der Waals surface area contributed by atoms with Crippen LogP contribution in [0.25, 0.3) is 0 Å². The first-order chi connectivity index (χ1) is 10.5. The third kappa shape index (κ3) is 3.97. The molecule has 0 aliphatic carbocycles. The van der Waals surface area contributed by atoms with Crippen molar-refractivity contribution >= 4 is 23.2 Å². The lowest BCUT2D eigenvalue weighted by Gasteiger charge is -2.30. The van der Waals surface area contributed by atoms with Gasteiger partial charge in [-0.1, -0.05) is 11.6 Å². The van der Waals surface area contributed by atoms with Crippen LogP contribution >= 0.6 is 11.6 Å². The summed E-state index contributed by atoms with van der Waals surface area (Å²) in [5.74, 6) is -0.805. The molecule has 0 N–H and O–H groups in total. The molecule has 0 aromatic heterocycles. The minimum Gasteiger partial charge on any atom is -0.333 e. The quantitative estimate of drug-likeness (QED) is 0.761. The Hall–Kier alpha value is -1.74. The van der Waals surface area contributed by atoms with Crippen molar-refractivity contribution in [3.8, 4) is 0 Å². The van der Waals surface area contributed by atoms with Crippen LogP contribution in [-0.4, -0.2) is 30.6 Å². The maximum Gasteiger partial charge on any atom is 0.423 e. The summed E-state index contributed by atoms with van der Waals surface area (Å²) in [6, 6.07) is 5.23. The number of carbonyl (C=O) groups excluding carboxylic acids is 1. The Morgan fingerprint density at radius 2 is 1.57 bits per heavy atom. The van der Waals surface area contributed by atoms with E-state index in [9.17, 15) is 31.1 Å². The number of ether oxygens (including phenoxy) is 1. The number of nitrogens with zero attached hydrogens (tertiary/aromatic N) is 1. The Balaban J connectivity index is 2.28. The molecule has 0 radical (unpaired) electrons. The number of anilines is 1. The largest absolute Gasteiger partial charge is 0.423 e. The topological polar surface area (TPSA) is 29.5 Å². The Labute approximate surface area is 131 Å². The van der Waals surface area contributed by atoms with Gasteiger partial charge in [0.1, 0.15) is 0 Å². The number of hydrogen-bond donors (Lipinski definition) is 0. The Kier molecular flexibility index (Phi) is 4.63. The summed E-state index contributed by atoms with van der Waals surface area (Å²) in [5, 5.41) is 0.286. The molecule has 1 heterocycles. The molecule has 1 aliphatic rings. The second kappa shape index (κ2) is 6.04. The van der Waals surface area contributed by atoms with Gasteiger partial charge in [-0.3, -0.25) is 9.69 Å².